The predicted octanol–water partition coefficient (Wildman–Crippen LogP) is 7.09. The summed E-state index contributed by atoms with van der Waals surface area (Å²) < 4.78 is 93.7. The fraction of sp³-hybridized carbons (Fsp3) is 0.500. The van der Waals surface area contributed by atoms with Crippen molar-refractivity contribution in [2.24, 2.45) is 5.41 Å². The lowest BCUT2D eigenvalue weighted by Crippen LogP contribution is -2.52. The monoisotopic (exact) mass is 575 g/mol. The largest absolute Gasteiger partial charge is 0.416 e. The van der Waals surface area contributed by atoms with Crippen LogP contribution in [0.25, 0.3) is 0 Å². The Morgan fingerprint density at radius 2 is 1.55 bits per heavy atom. The summed E-state index contributed by atoms with van der Waals surface area (Å²) in [6.45, 7) is 6.59. The molecule has 1 saturated heterocycles. The summed E-state index contributed by atoms with van der Waals surface area (Å²) in [6.07, 6.45) is -9.36. The van der Waals surface area contributed by atoms with Crippen LogP contribution in [0.3, 0.4) is 0 Å². The third kappa shape index (κ3) is 7.45. The molecule has 0 bridgehead atoms. The standard InChI is InChI=1S/C28H32F7N3O2/c1-16-10-20(29)6-7-22(16)23-14-21(36-24(39)26(2,3)4)8-9-38(23)25(40)37(5)15-17-11-18(27(30,31)32)13-19(12-17)28(33,34)35/h6-7,10-13,21,23H,8-9,14-15H2,1-5H3,(H,36,39)/t21-,23+/m1/s1. The molecule has 0 unspecified atom stereocenters. The summed E-state index contributed by atoms with van der Waals surface area (Å²) in [5, 5.41) is 2.98. The van der Waals surface area contributed by atoms with Gasteiger partial charge in [-0.05, 0) is 66.8 Å². The number of alkyl halides is 6. The van der Waals surface area contributed by atoms with E-state index in [1.165, 1.54) is 30.1 Å². The van der Waals surface area contributed by atoms with Crippen molar-refractivity contribution in [2.75, 3.05) is 13.6 Å². The Bertz CT molecular complexity index is 1220. The van der Waals surface area contributed by atoms with Crippen molar-refractivity contribution < 1.29 is 40.3 Å². The first-order chi connectivity index (χ1) is 18.3. The zero-order valence-corrected chi connectivity index (χ0v) is 22.8. The molecule has 1 N–H and O–H groups in total. The highest BCUT2D eigenvalue weighted by Gasteiger charge is 2.39. The van der Waals surface area contributed by atoms with E-state index in [9.17, 15) is 40.3 Å². The van der Waals surface area contributed by atoms with E-state index in [1.54, 1.807) is 27.7 Å². The Balaban J connectivity index is 1.91. The van der Waals surface area contributed by atoms with Gasteiger partial charge in [0.25, 0.3) is 0 Å². The van der Waals surface area contributed by atoms with Gasteiger partial charge in [-0.2, -0.15) is 26.3 Å². The highest BCUT2D eigenvalue weighted by atomic mass is 19.4. The number of hydrogen-bond donors (Lipinski definition) is 1. The second-order valence-corrected chi connectivity index (χ2v) is 11.2. The van der Waals surface area contributed by atoms with E-state index in [0.29, 0.717) is 29.7 Å². The minimum absolute atomic E-state index is 0.0370. The van der Waals surface area contributed by atoms with Crippen molar-refractivity contribution in [1.29, 1.82) is 0 Å². The Kier molecular flexibility index (Phi) is 8.81. The van der Waals surface area contributed by atoms with Gasteiger partial charge in [0.1, 0.15) is 5.82 Å². The molecular formula is C28H32F7N3O2. The molecule has 1 aliphatic rings. The number of carbonyl (C=O) groups is 2. The first kappa shape index (κ1) is 31.2. The lowest BCUT2D eigenvalue weighted by atomic mass is 9.88. The average molecular weight is 576 g/mol. The number of nitrogens with zero attached hydrogens (tertiary/aromatic N) is 2. The molecule has 0 aliphatic carbocycles. The van der Waals surface area contributed by atoms with Crippen LogP contribution in [-0.4, -0.2) is 41.4 Å². The van der Waals surface area contributed by atoms with Crippen molar-refractivity contribution in [3.63, 3.8) is 0 Å². The molecule has 40 heavy (non-hydrogen) atoms. The third-order valence-corrected chi connectivity index (χ3v) is 6.85. The number of piperidine rings is 1. The Labute approximate surface area is 228 Å². The van der Waals surface area contributed by atoms with Crippen LogP contribution in [0.15, 0.2) is 36.4 Å². The third-order valence-electron chi connectivity index (χ3n) is 6.85. The van der Waals surface area contributed by atoms with E-state index >= 15 is 0 Å². The van der Waals surface area contributed by atoms with Crippen molar-refractivity contribution in [3.8, 4) is 0 Å². The average Bonchev–Trinajstić information content (AvgIpc) is 2.81. The molecule has 1 aliphatic heterocycles. The maximum Gasteiger partial charge on any atom is 0.416 e. The molecule has 2 atom stereocenters. The summed E-state index contributed by atoms with van der Waals surface area (Å²) in [7, 11) is 1.29. The fourth-order valence-corrected chi connectivity index (χ4v) is 4.71. The maximum atomic E-state index is 13.8. The van der Waals surface area contributed by atoms with Crippen molar-refractivity contribution in [1.82, 2.24) is 15.1 Å². The molecule has 1 fully saturated rings. The first-order valence-corrected chi connectivity index (χ1v) is 12.6. The molecule has 0 saturated carbocycles. The quantitative estimate of drug-likeness (QED) is 0.396. The van der Waals surface area contributed by atoms with Crippen LogP contribution in [0, 0.1) is 18.2 Å². The molecule has 5 nitrogen and oxygen atoms in total. The van der Waals surface area contributed by atoms with Crippen LogP contribution in [-0.2, 0) is 23.7 Å². The van der Waals surface area contributed by atoms with Gasteiger partial charge in [-0.25, -0.2) is 9.18 Å². The Hall–Kier alpha value is -3.31. The number of halogens is 7. The molecule has 3 amide bonds. The molecule has 2 aromatic rings. The molecule has 3 rings (SSSR count). The number of amides is 3. The van der Waals surface area contributed by atoms with Gasteiger partial charge >= 0.3 is 18.4 Å². The second-order valence-electron chi connectivity index (χ2n) is 11.2. The highest BCUT2D eigenvalue weighted by molar-refractivity contribution is 5.81. The number of hydrogen-bond acceptors (Lipinski definition) is 2. The van der Waals surface area contributed by atoms with Crippen LogP contribution in [0.1, 0.15) is 67.5 Å². The second kappa shape index (κ2) is 11.3. The topological polar surface area (TPSA) is 52.7 Å². The predicted molar refractivity (Wildman–Crippen MR) is 135 cm³/mol. The van der Waals surface area contributed by atoms with Gasteiger partial charge in [-0.1, -0.05) is 26.8 Å². The van der Waals surface area contributed by atoms with E-state index in [4.69, 9.17) is 0 Å². The molecule has 220 valence electrons. The zero-order chi connectivity index (χ0) is 30.2. The SMILES string of the molecule is Cc1cc(F)ccc1[C@@H]1C[C@H](NC(=O)C(C)(C)C)CCN1C(=O)N(C)Cc1cc(C(F)(F)F)cc(C(F)(F)F)c1. The molecule has 1 heterocycles. The maximum absolute atomic E-state index is 13.8. The van der Waals surface area contributed by atoms with Crippen LogP contribution in [0.2, 0.25) is 0 Å². The number of likely N-dealkylation sites (tertiary alicyclic amines) is 1. The molecule has 0 aromatic heterocycles. The number of aryl methyl sites for hydroxylation is 1. The fourth-order valence-electron chi connectivity index (χ4n) is 4.71. The van der Waals surface area contributed by atoms with Crippen LogP contribution in [0.5, 0.6) is 0 Å². The lowest BCUT2D eigenvalue weighted by Gasteiger charge is -2.42. The molecule has 0 radical (unpaired) electrons. The number of rotatable bonds is 4. The van der Waals surface area contributed by atoms with Crippen molar-refractivity contribution >= 4 is 11.9 Å². The molecule has 12 heteroatoms. The smallest absolute Gasteiger partial charge is 0.353 e. The van der Waals surface area contributed by atoms with Crippen LogP contribution < -0.4 is 5.32 Å². The minimum Gasteiger partial charge on any atom is -0.353 e. The van der Waals surface area contributed by atoms with E-state index in [1.807, 2.05) is 0 Å². The first-order valence-electron chi connectivity index (χ1n) is 12.6. The lowest BCUT2D eigenvalue weighted by molar-refractivity contribution is -0.143. The van der Waals surface area contributed by atoms with Gasteiger partial charge in [0.05, 0.1) is 17.2 Å². The van der Waals surface area contributed by atoms with Crippen molar-refractivity contribution in [3.05, 3.63) is 70.0 Å². The van der Waals surface area contributed by atoms with E-state index in [2.05, 4.69) is 5.32 Å². The van der Waals surface area contributed by atoms with Gasteiger partial charge in [0, 0.05) is 31.6 Å². The number of benzene rings is 2. The van der Waals surface area contributed by atoms with Gasteiger partial charge < -0.3 is 15.1 Å². The normalized spacial score (nSPS) is 18.4. The van der Waals surface area contributed by atoms with E-state index < -0.39 is 53.3 Å². The number of urea groups is 1. The number of nitrogens with one attached hydrogen (secondary N) is 1. The summed E-state index contributed by atoms with van der Waals surface area (Å²) in [5.41, 5.74) is -2.74. The Morgan fingerprint density at radius 1 is 0.975 bits per heavy atom. The van der Waals surface area contributed by atoms with Crippen molar-refractivity contribution in [2.45, 2.75) is 71.5 Å². The summed E-state index contributed by atoms with van der Waals surface area (Å²) >= 11 is 0. The van der Waals surface area contributed by atoms with Gasteiger partial charge in [-0.3, -0.25) is 4.79 Å². The summed E-state index contributed by atoms with van der Waals surface area (Å²) in [5.74, 6) is -0.663. The van der Waals surface area contributed by atoms with Gasteiger partial charge in [0.2, 0.25) is 5.91 Å². The summed E-state index contributed by atoms with van der Waals surface area (Å²) in [4.78, 5) is 28.7. The molecule has 0 spiro atoms. The van der Waals surface area contributed by atoms with Crippen LogP contribution in [0.4, 0.5) is 35.5 Å². The number of carbonyl (C=O) groups excluding carboxylic acids is 2. The zero-order valence-electron chi connectivity index (χ0n) is 22.8. The van der Waals surface area contributed by atoms with E-state index in [0.717, 1.165) is 4.90 Å². The molecule has 2 aromatic carbocycles. The van der Waals surface area contributed by atoms with Gasteiger partial charge in [0.15, 0.2) is 0 Å². The highest BCUT2D eigenvalue weighted by Crippen LogP contribution is 2.38. The summed E-state index contributed by atoms with van der Waals surface area (Å²) in [6, 6.07) is 3.74. The van der Waals surface area contributed by atoms with E-state index in [-0.39, 0.29) is 36.5 Å². The van der Waals surface area contributed by atoms with Crippen LogP contribution >= 0.6 is 0 Å². The minimum atomic E-state index is -5.01. The molecular weight excluding hydrogens is 543 g/mol. The van der Waals surface area contributed by atoms with Gasteiger partial charge in [-0.15, -0.1) is 0 Å². The Morgan fingerprint density at radius 3 is 2.05 bits per heavy atom.